The van der Waals surface area contributed by atoms with E-state index in [1.54, 1.807) is 0 Å². The maximum absolute atomic E-state index is 3.89. The number of fused-ring (bicyclic) bond motifs is 5. The van der Waals surface area contributed by atoms with Crippen LogP contribution in [0.25, 0.3) is 66.1 Å². The molecular formula is C32H19Br. The molecule has 0 aliphatic heterocycles. The van der Waals surface area contributed by atoms with Crippen molar-refractivity contribution in [1.82, 2.24) is 0 Å². The lowest BCUT2D eigenvalue weighted by molar-refractivity contribution is 1.61. The second-order valence-electron chi connectivity index (χ2n) is 8.63. The zero-order valence-electron chi connectivity index (χ0n) is 17.8. The van der Waals surface area contributed by atoms with Crippen LogP contribution in [0.2, 0.25) is 0 Å². The average Bonchev–Trinajstić information content (AvgIpc) is 3.22. The van der Waals surface area contributed by atoms with E-state index in [9.17, 15) is 0 Å². The number of hydrogen-bond donors (Lipinski definition) is 0. The molecule has 0 heterocycles. The average molecular weight is 483 g/mol. The highest BCUT2D eigenvalue weighted by Crippen LogP contribution is 2.56. The van der Waals surface area contributed by atoms with E-state index in [1.165, 1.54) is 66.1 Å². The van der Waals surface area contributed by atoms with E-state index in [4.69, 9.17) is 0 Å². The minimum atomic E-state index is 1.13. The summed E-state index contributed by atoms with van der Waals surface area (Å²) in [6, 6.07) is 41.8. The van der Waals surface area contributed by atoms with Crippen LogP contribution in [0, 0.1) is 0 Å². The van der Waals surface area contributed by atoms with Crippen molar-refractivity contribution in [2.24, 2.45) is 0 Å². The summed E-state index contributed by atoms with van der Waals surface area (Å²) in [6.45, 7) is 0. The molecule has 0 aromatic heterocycles. The van der Waals surface area contributed by atoms with Gasteiger partial charge in [-0.2, -0.15) is 0 Å². The molecular weight excluding hydrogens is 464 g/mol. The van der Waals surface area contributed by atoms with Crippen LogP contribution in [0.3, 0.4) is 0 Å². The third-order valence-electron chi connectivity index (χ3n) is 6.86. The summed E-state index contributed by atoms with van der Waals surface area (Å²) >= 11 is 3.89. The van der Waals surface area contributed by atoms with Crippen molar-refractivity contribution in [3.05, 3.63) is 120 Å². The second-order valence-corrected chi connectivity index (χ2v) is 9.49. The summed E-state index contributed by atoms with van der Waals surface area (Å²) in [6.07, 6.45) is 0. The van der Waals surface area contributed by atoms with Gasteiger partial charge in [0.2, 0.25) is 0 Å². The third kappa shape index (κ3) is 2.70. The van der Waals surface area contributed by atoms with E-state index in [2.05, 4.69) is 131 Å². The van der Waals surface area contributed by atoms with Crippen molar-refractivity contribution < 1.29 is 0 Å². The quantitative estimate of drug-likeness (QED) is 0.230. The fourth-order valence-corrected chi connectivity index (χ4v) is 5.94. The zero-order valence-corrected chi connectivity index (χ0v) is 19.4. The van der Waals surface area contributed by atoms with E-state index >= 15 is 0 Å². The monoisotopic (exact) mass is 482 g/mol. The molecule has 1 aliphatic carbocycles. The van der Waals surface area contributed by atoms with Crippen LogP contribution >= 0.6 is 15.9 Å². The molecule has 0 unspecified atom stereocenters. The summed E-state index contributed by atoms with van der Waals surface area (Å²) < 4.78 is 1.13. The van der Waals surface area contributed by atoms with E-state index in [1.807, 2.05) is 0 Å². The van der Waals surface area contributed by atoms with Gasteiger partial charge < -0.3 is 0 Å². The van der Waals surface area contributed by atoms with Crippen LogP contribution in [-0.4, -0.2) is 0 Å². The van der Waals surface area contributed by atoms with Crippen LogP contribution < -0.4 is 0 Å². The molecule has 0 bridgehead atoms. The molecule has 6 aromatic carbocycles. The number of rotatable bonds is 2. The Kier molecular flexibility index (Phi) is 4.09. The van der Waals surface area contributed by atoms with Gasteiger partial charge in [0.15, 0.2) is 0 Å². The standard InChI is InChI=1S/C32H19Br/c33-28-18-17-23(20-9-3-1-4-10-20)30-27(28)19-26(21-11-5-2-6-12-21)31-24-15-7-13-22-14-8-16-25(29(22)24)32(30)31/h1-19H. The molecule has 7 rings (SSSR count). The summed E-state index contributed by atoms with van der Waals surface area (Å²) in [5, 5.41) is 5.22. The van der Waals surface area contributed by atoms with E-state index in [-0.39, 0.29) is 0 Å². The Morgan fingerprint density at radius 2 is 1.03 bits per heavy atom. The predicted molar refractivity (Wildman–Crippen MR) is 144 cm³/mol. The molecule has 0 fully saturated rings. The Morgan fingerprint density at radius 1 is 0.424 bits per heavy atom. The lowest BCUT2D eigenvalue weighted by Crippen LogP contribution is -1.91. The van der Waals surface area contributed by atoms with Crippen LogP contribution in [0.4, 0.5) is 0 Å². The fraction of sp³-hybridized carbons (Fsp3) is 0. The molecule has 0 atom stereocenters. The molecule has 0 spiro atoms. The summed E-state index contributed by atoms with van der Waals surface area (Å²) in [5.74, 6) is 0. The molecule has 0 N–H and O–H groups in total. The summed E-state index contributed by atoms with van der Waals surface area (Å²) in [4.78, 5) is 0. The fourth-order valence-electron chi connectivity index (χ4n) is 5.49. The first-order chi connectivity index (χ1) is 16.3. The Bertz CT molecular complexity index is 1690. The number of hydrogen-bond acceptors (Lipinski definition) is 0. The van der Waals surface area contributed by atoms with Crippen molar-refractivity contribution in [2.45, 2.75) is 0 Å². The molecule has 0 nitrogen and oxygen atoms in total. The van der Waals surface area contributed by atoms with Crippen molar-refractivity contribution in [1.29, 1.82) is 0 Å². The third-order valence-corrected chi connectivity index (χ3v) is 7.55. The highest BCUT2D eigenvalue weighted by atomic mass is 79.9. The molecule has 0 radical (unpaired) electrons. The molecule has 154 valence electrons. The second kappa shape index (κ2) is 7.16. The minimum absolute atomic E-state index is 1.13. The minimum Gasteiger partial charge on any atom is -0.0622 e. The number of benzene rings is 6. The lowest BCUT2D eigenvalue weighted by atomic mass is 9.86. The maximum atomic E-state index is 3.89. The summed E-state index contributed by atoms with van der Waals surface area (Å²) in [7, 11) is 0. The normalized spacial score (nSPS) is 11.8. The van der Waals surface area contributed by atoms with Crippen LogP contribution in [0.15, 0.2) is 120 Å². The molecule has 1 aliphatic rings. The van der Waals surface area contributed by atoms with Crippen LogP contribution in [0.1, 0.15) is 0 Å². The van der Waals surface area contributed by atoms with Crippen molar-refractivity contribution in [3.8, 4) is 44.5 Å². The highest BCUT2D eigenvalue weighted by molar-refractivity contribution is 9.10. The van der Waals surface area contributed by atoms with Gasteiger partial charge in [0.1, 0.15) is 0 Å². The highest BCUT2D eigenvalue weighted by Gasteiger charge is 2.28. The zero-order chi connectivity index (χ0) is 21.9. The largest absolute Gasteiger partial charge is 0.0622 e. The lowest BCUT2D eigenvalue weighted by Gasteiger charge is -2.18. The van der Waals surface area contributed by atoms with Gasteiger partial charge in [0.05, 0.1) is 0 Å². The SMILES string of the molecule is Brc1ccc(-c2ccccc2)c2c3c(c(-c4ccccc4)cc12)-c1cccc2cccc-3c12. The Hall–Kier alpha value is -3.68. The van der Waals surface area contributed by atoms with Gasteiger partial charge in [-0.1, -0.05) is 119 Å². The van der Waals surface area contributed by atoms with Gasteiger partial charge in [-0.05, 0) is 78.2 Å². The number of halogens is 1. The topological polar surface area (TPSA) is 0 Å². The van der Waals surface area contributed by atoms with Gasteiger partial charge in [-0.25, -0.2) is 0 Å². The van der Waals surface area contributed by atoms with Gasteiger partial charge in [-0.3, -0.25) is 0 Å². The van der Waals surface area contributed by atoms with Crippen LogP contribution in [-0.2, 0) is 0 Å². The maximum Gasteiger partial charge on any atom is 0.0254 e. The Balaban J connectivity index is 1.74. The Labute approximate surface area is 201 Å². The smallest absolute Gasteiger partial charge is 0.0254 e. The molecule has 0 saturated heterocycles. The van der Waals surface area contributed by atoms with Crippen molar-refractivity contribution >= 4 is 37.5 Å². The summed E-state index contributed by atoms with van der Waals surface area (Å²) in [5.41, 5.74) is 10.4. The first-order valence-corrected chi connectivity index (χ1v) is 12.0. The van der Waals surface area contributed by atoms with Crippen molar-refractivity contribution in [2.75, 3.05) is 0 Å². The molecule has 0 saturated carbocycles. The van der Waals surface area contributed by atoms with E-state index in [0.29, 0.717) is 0 Å². The predicted octanol–water partition coefficient (Wildman–Crippen LogP) is 9.74. The van der Waals surface area contributed by atoms with E-state index < -0.39 is 0 Å². The van der Waals surface area contributed by atoms with Gasteiger partial charge in [0.25, 0.3) is 0 Å². The van der Waals surface area contributed by atoms with Crippen molar-refractivity contribution in [3.63, 3.8) is 0 Å². The van der Waals surface area contributed by atoms with E-state index in [0.717, 1.165) is 4.47 Å². The van der Waals surface area contributed by atoms with Crippen LogP contribution in [0.5, 0.6) is 0 Å². The molecule has 1 heteroatoms. The molecule has 33 heavy (non-hydrogen) atoms. The first-order valence-electron chi connectivity index (χ1n) is 11.2. The van der Waals surface area contributed by atoms with Gasteiger partial charge in [-0.15, -0.1) is 0 Å². The molecule has 0 amide bonds. The first kappa shape index (κ1) is 18.8. The molecule has 6 aromatic rings. The van der Waals surface area contributed by atoms with Gasteiger partial charge >= 0.3 is 0 Å². The van der Waals surface area contributed by atoms with Gasteiger partial charge in [0, 0.05) is 4.47 Å². The Morgan fingerprint density at radius 3 is 1.70 bits per heavy atom.